The molecule has 1 atom stereocenters. The summed E-state index contributed by atoms with van der Waals surface area (Å²) in [4.78, 5) is 16.4. The average Bonchev–Trinajstić information content (AvgIpc) is 2.55. The summed E-state index contributed by atoms with van der Waals surface area (Å²) in [6, 6.07) is 3.63. The lowest BCUT2D eigenvalue weighted by Gasteiger charge is -2.15. The molecule has 4 nitrogen and oxygen atoms in total. The Balaban J connectivity index is 2.31. The lowest BCUT2D eigenvalue weighted by molar-refractivity contribution is -0.120. The normalized spacial score (nSPS) is 20.1. The lowest BCUT2D eigenvalue weighted by atomic mass is 9.92. The molecule has 2 rings (SSSR count). The topological polar surface area (TPSA) is 45.6 Å². The number of nitrogens with zero attached hydrogens (tertiary/aromatic N) is 3. The molecule has 0 aromatic carbocycles. The van der Waals surface area contributed by atoms with Crippen molar-refractivity contribution in [2.24, 2.45) is 16.9 Å². The van der Waals surface area contributed by atoms with E-state index in [1.165, 1.54) is 5.01 Å². The van der Waals surface area contributed by atoms with E-state index in [2.05, 4.69) is 26.0 Å². The molecule has 0 fully saturated rings. The summed E-state index contributed by atoms with van der Waals surface area (Å²) >= 11 is 3.31. The van der Waals surface area contributed by atoms with Crippen molar-refractivity contribution in [1.82, 2.24) is 4.98 Å². The van der Waals surface area contributed by atoms with E-state index < -0.39 is 0 Å². The van der Waals surface area contributed by atoms with Gasteiger partial charge in [-0.2, -0.15) is 10.1 Å². The van der Waals surface area contributed by atoms with Gasteiger partial charge < -0.3 is 0 Å². The molecule has 0 spiro atoms. The van der Waals surface area contributed by atoms with Crippen LogP contribution in [0.15, 0.2) is 27.9 Å². The van der Waals surface area contributed by atoms with Crippen LogP contribution < -0.4 is 5.01 Å². The third-order valence-electron chi connectivity index (χ3n) is 2.78. The fourth-order valence-corrected chi connectivity index (χ4v) is 2.24. The zero-order valence-corrected chi connectivity index (χ0v) is 11.6. The van der Waals surface area contributed by atoms with E-state index in [1.54, 1.807) is 12.3 Å². The second-order valence-electron chi connectivity index (χ2n) is 4.45. The Morgan fingerprint density at radius 1 is 1.41 bits per heavy atom. The second-order valence-corrected chi connectivity index (χ2v) is 5.36. The van der Waals surface area contributed by atoms with Gasteiger partial charge >= 0.3 is 0 Å². The summed E-state index contributed by atoms with van der Waals surface area (Å²) in [5.41, 5.74) is 0.856. The standard InChI is InChI=1S/C12H14BrN3O/c1-7(2)11-8(3)15-16(12(11)17)10-5-4-9(13)6-14-10/h4-7,11H,1-3H3. The smallest absolute Gasteiger partial charge is 0.257 e. The van der Waals surface area contributed by atoms with Crippen LogP contribution in [-0.2, 0) is 4.79 Å². The SMILES string of the molecule is CC1=NN(c2ccc(Br)cn2)C(=O)C1C(C)C. The molecule has 1 aromatic heterocycles. The van der Waals surface area contributed by atoms with E-state index >= 15 is 0 Å². The summed E-state index contributed by atoms with van der Waals surface area (Å²) in [5.74, 6) is 0.708. The summed E-state index contributed by atoms with van der Waals surface area (Å²) in [6.45, 7) is 5.95. The number of amides is 1. The molecule has 0 bridgehead atoms. The van der Waals surface area contributed by atoms with Gasteiger partial charge in [-0.1, -0.05) is 13.8 Å². The van der Waals surface area contributed by atoms with Gasteiger partial charge in [0.1, 0.15) is 0 Å². The van der Waals surface area contributed by atoms with Crippen LogP contribution in [0.2, 0.25) is 0 Å². The highest BCUT2D eigenvalue weighted by atomic mass is 79.9. The maximum atomic E-state index is 12.2. The molecule has 2 heterocycles. The largest absolute Gasteiger partial charge is 0.272 e. The quantitative estimate of drug-likeness (QED) is 0.842. The zero-order valence-electron chi connectivity index (χ0n) is 10.0. The van der Waals surface area contributed by atoms with Crippen molar-refractivity contribution in [2.45, 2.75) is 20.8 Å². The summed E-state index contributed by atoms with van der Waals surface area (Å²) < 4.78 is 0.883. The second kappa shape index (κ2) is 4.56. The van der Waals surface area contributed by atoms with Gasteiger partial charge in [-0.15, -0.1) is 0 Å². The van der Waals surface area contributed by atoms with E-state index in [0.717, 1.165) is 10.2 Å². The third kappa shape index (κ3) is 2.24. The molecular formula is C12H14BrN3O. The van der Waals surface area contributed by atoms with Crippen molar-refractivity contribution in [3.8, 4) is 0 Å². The number of hydrogen-bond acceptors (Lipinski definition) is 3. The minimum Gasteiger partial charge on any atom is -0.272 e. The number of carbonyl (C=O) groups excluding carboxylic acids is 1. The van der Waals surface area contributed by atoms with Crippen molar-refractivity contribution in [3.63, 3.8) is 0 Å². The predicted octanol–water partition coefficient (Wildman–Crippen LogP) is 2.84. The molecule has 17 heavy (non-hydrogen) atoms. The van der Waals surface area contributed by atoms with Crippen molar-refractivity contribution in [2.75, 3.05) is 5.01 Å². The summed E-state index contributed by atoms with van der Waals surface area (Å²) in [5, 5.41) is 5.69. The Kier molecular flexibility index (Phi) is 3.28. The van der Waals surface area contributed by atoms with Gasteiger partial charge in [-0.3, -0.25) is 4.79 Å². The number of pyridine rings is 1. The average molecular weight is 296 g/mol. The zero-order chi connectivity index (χ0) is 12.6. The first-order valence-electron chi connectivity index (χ1n) is 5.51. The van der Waals surface area contributed by atoms with E-state index in [4.69, 9.17) is 0 Å². The van der Waals surface area contributed by atoms with E-state index in [0.29, 0.717) is 5.82 Å². The number of halogens is 1. The Morgan fingerprint density at radius 3 is 2.59 bits per heavy atom. The first-order chi connectivity index (χ1) is 8.00. The fourth-order valence-electron chi connectivity index (χ4n) is 2.00. The van der Waals surface area contributed by atoms with Crippen LogP contribution in [0.1, 0.15) is 20.8 Å². The number of anilines is 1. The molecule has 0 N–H and O–H groups in total. The van der Waals surface area contributed by atoms with Gasteiger partial charge in [-0.05, 0) is 40.9 Å². The van der Waals surface area contributed by atoms with Crippen LogP contribution >= 0.6 is 15.9 Å². The molecule has 1 unspecified atom stereocenters. The summed E-state index contributed by atoms with van der Waals surface area (Å²) in [6.07, 6.45) is 1.66. The van der Waals surface area contributed by atoms with E-state index in [-0.39, 0.29) is 17.7 Å². The third-order valence-corrected chi connectivity index (χ3v) is 3.25. The number of rotatable bonds is 2. The van der Waals surface area contributed by atoms with E-state index in [1.807, 2.05) is 26.8 Å². The highest BCUT2D eigenvalue weighted by Crippen LogP contribution is 2.27. The Hall–Kier alpha value is -1.23. The highest BCUT2D eigenvalue weighted by Gasteiger charge is 2.36. The molecule has 0 radical (unpaired) electrons. The number of hydrogen-bond donors (Lipinski definition) is 0. The van der Waals surface area contributed by atoms with Gasteiger partial charge in [-0.25, -0.2) is 4.98 Å². The molecule has 90 valence electrons. The summed E-state index contributed by atoms with van der Waals surface area (Å²) in [7, 11) is 0. The highest BCUT2D eigenvalue weighted by molar-refractivity contribution is 9.10. The Morgan fingerprint density at radius 2 is 2.12 bits per heavy atom. The maximum absolute atomic E-state index is 12.2. The lowest BCUT2D eigenvalue weighted by Crippen LogP contribution is -2.30. The number of hydrazone groups is 1. The van der Waals surface area contributed by atoms with Crippen LogP contribution in [-0.4, -0.2) is 16.6 Å². The molecule has 5 heteroatoms. The Labute approximate surface area is 109 Å². The van der Waals surface area contributed by atoms with Gasteiger partial charge in [0.15, 0.2) is 5.82 Å². The molecule has 0 saturated carbocycles. The maximum Gasteiger partial charge on any atom is 0.257 e. The molecule has 1 amide bonds. The number of carbonyl (C=O) groups is 1. The minimum absolute atomic E-state index is 0.00678. The predicted molar refractivity (Wildman–Crippen MR) is 70.9 cm³/mol. The van der Waals surface area contributed by atoms with E-state index in [9.17, 15) is 4.79 Å². The number of aromatic nitrogens is 1. The van der Waals surface area contributed by atoms with Crippen molar-refractivity contribution < 1.29 is 4.79 Å². The molecule has 0 saturated heterocycles. The minimum atomic E-state index is -0.125. The van der Waals surface area contributed by atoms with Gasteiger partial charge in [0.05, 0.1) is 5.92 Å². The van der Waals surface area contributed by atoms with Crippen LogP contribution in [0.5, 0.6) is 0 Å². The van der Waals surface area contributed by atoms with Crippen LogP contribution in [0, 0.1) is 11.8 Å². The molecule has 1 aliphatic rings. The van der Waals surface area contributed by atoms with Crippen LogP contribution in [0.4, 0.5) is 5.82 Å². The van der Waals surface area contributed by atoms with Gasteiger partial charge in [0, 0.05) is 16.4 Å². The molecular weight excluding hydrogens is 282 g/mol. The Bertz CT molecular complexity index is 467. The monoisotopic (exact) mass is 295 g/mol. The fraction of sp³-hybridized carbons (Fsp3) is 0.417. The first kappa shape index (κ1) is 12.2. The van der Waals surface area contributed by atoms with Crippen molar-refractivity contribution in [1.29, 1.82) is 0 Å². The molecule has 1 aliphatic heterocycles. The molecule has 1 aromatic rings. The molecule has 0 aliphatic carbocycles. The van der Waals surface area contributed by atoms with Crippen molar-refractivity contribution >= 4 is 33.4 Å². The van der Waals surface area contributed by atoms with Crippen LogP contribution in [0.25, 0.3) is 0 Å². The first-order valence-corrected chi connectivity index (χ1v) is 6.30. The van der Waals surface area contributed by atoms with Crippen LogP contribution in [0.3, 0.4) is 0 Å². The van der Waals surface area contributed by atoms with Gasteiger partial charge in [0.25, 0.3) is 5.91 Å². The van der Waals surface area contributed by atoms with Crippen molar-refractivity contribution in [3.05, 3.63) is 22.8 Å². The van der Waals surface area contributed by atoms with Gasteiger partial charge in [0.2, 0.25) is 0 Å².